The number of rotatable bonds is 3. The maximum absolute atomic E-state index is 8.52. The maximum atomic E-state index is 8.52. The quantitative estimate of drug-likeness (QED) is 0.721. The average molecular weight is 181 g/mol. The number of benzene rings is 1. The van der Waals surface area contributed by atoms with Crippen LogP contribution >= 0.6 is 11.8 Å². The Balaban J connectivity index is 2.60. The van der Waals surface area contributed by atoms with Gasteiger partial charge in [0.1, 0.15) is 0 Å². The van der Waals surface area contributed by atoms with Crippen LogP contribution in [0, 0.1) is 11.3 Å². The van der Waals surface area contributed by atoms with Crippen molar-refractivity contribution in [1.82, 2.24) is 4.84 Å². The third-order valence-electron chi connectivity index (χ3n) is 1.59. The highest BCUT2D eigenvalue weighted by molar-refractivity contribution is 6.13. The van der Waals surface area contributed by atoms with E-state index in [0.717, 1.165) is 13.0 Å². The summed E-state index contributed by atoms with van der Waals surface area (Å²) in [7, 11) is 0. The zero-order valence-corrected chi connectivity index (χ0v) is 7.30. The molecule has 0 aliphatic heterocycles. The Morgan fingerprint density at radius 1 is 1.33 bits per heavy atom. The van der Waals surface area contributed by atoms with E-state index in [1.807, 2.05) is 24.3 Å². The molecule has 0 fully saturated rings. The number of halogens is 1. The average Bonchev–Trinajstić information content (AvgIpc) is 2.15. The van der Waals surface area contributed by atoms with E-state index >= 15 is 0 Å². The molecule has 0 saturated heterocycles. The molecule has 1 aromatic carbocycles. The number of hydrogen-bond donors (Lipinski definition) is 1. The van der Waals surface area contributed by atoms with Gasteiger partial charge in [-0.05, 0) is 35.9 Å². The summed E-state index contributed by atoms with van der Waals surface area (Å²) in [6.45, 7) is 0.744. The first-order valence-corrected chi connectivity index (χ1v) is 4.07. The molecule has 0 aliphatic carbocycles. The van der Waals surface area contributed by atoms with Crippen molar-refractivity contribution in [3.8, 4) is 6.07 Å². The fourth-order valence-corrected chi connectivity index (χ4v) is 1.03. The van der Waals surface area contributed by atoms with Gasteiger partial charge >= 0.3 is 0 Å². The predicted molar refractivity (Wildman–Crippen MR) is 48.7 cm³/mol. The standard InChI is InChI=1S/C9H9ClN2/c10-12-6-5-8-1-3-9(7-11)4-2-8/h1-4,12H,5-6H2. The lowest BCUT2D eigenvalue weighted by Crippen LogP contribution is -2.03. The van der Waals surface area contributed by atoms with E-state index in [4.69, 9.17) is 17.0 Å². The molecule has 0 bridgehead atoms. The van der Waals surface area contributed by atoms with Gasteiger partial charge in [0, 0.05) is 6.54 Å². The zero-order valence-electron chi connectivity index (χ0n) is 6.55. The van der Waals surface area contributed by atoms with Crippen LogP contribution in [0.1, 0.15) is 11.1 Å². The molecule has 12 heavy (non-hydrogen) atoms. The van der Waals surface area contributed by atoms with Crippen molar-refractivity contribution in [3.05, 3.63) is 35.4 Å². The van der Waals surface area contributed by atoms with Gasteiger partial charge in [-0.2, -0.15) is 5.26 Å². The van der Waals surface area contributed by atoms with Crippen LogP contribution in [0.4, 0.5) is 0 Å². The number of nitrogens with one attached hydrogen (secondary N) is 1. The summed E-state index contributed by atoms with van der Waals surface area (Å²) >= 11 is 5.31. The van der Waals surface area contributed by atoms with E-state index in [0.29, 0.717) is 5.56 Å². The third-order valence-corrected chi connectivity index (χ3v) is 1.78. The van der Waals surface area contributed by atoms with E-state index in [1.165, 1.54) is 5.56 Å². The normalized spacial score (nSPS) is 9.33. The molecule has 0 saturated carbocycles. The molecule has 62 valence electrons. The molecule has 0 heterocycles. The first-order chi connectivity index (χ1) is 5.86. The Kier molecular flexibility index (Phi) is 3.59. The van der Waals surface area contributed by atoms with Crippen LogP contribution in [0.3, 0.4) is 0 Å². The second kappa shape index (κ2) is 4.76. The minimum Gasteiger partial charge on any atom is -0.233 e. The lowest BCUT2D eigenvalue weighted by atomic mass is 10.1. The third kappa shape index (κ3) is 2.54. The smallest absolute Gasteiger partial charge is 0.0991 e. The van der Waals surface area contributed by atoms with Gasteiger partial charge < -0.3 is 0 Å². The van der Waals surface area contributed by atoms with Crippen molar-refractivity contribution in [2.24, 2.45) is 0 Å². The molecule has 1 N–H and O–H groups in total. The summed E-state index contributed by atoms with van der Waals surface area (Å²) in [5.41, 5.74) is 1.87. The van der Waals surface area contributed by atoms with Gasteiger partial charge in [-0.1, -0.05) is 12.1 Å². The van der Waals surface area contributed by atoms with E-state index in [-0.39, 0.29) is 0 Å². The second-order valence-electron chi connectivity index (χ2n) is 2.44. The molecule has 1 aromatic rings. The predicted octanol–water partition coefficient (Wildman–Crippen LogP) is 1.84. The zero-order chi connectivity index (χ0) is 8.81. The molecular weight excluding hydrogens is 172 g/mol. The molecular formula is C9H9ClN2. The lowest BCUT2D eigenvalue weighted by molar-refractivity contribution is 0.899. The van der Waals surface area contributed by atoms with Crippen molar-refractivity contribution >= 4 is 11.8 Å². The van der Waals surface area contributed by atoms with Crippen molar-refractivity contribution in [2.75, 3.05) is 6.54 Å². The molecule has 3 heteroatoms. The maximum Gasteiger partial charge on any atom is 0.0991 e. The molecule has 0 atom stereocenters. The van der Waals surface area contributed by atoms with E-state index < -0.39 is 0 Å². The summed E-state index contributed by atoms with van der Waals surface area (Å²) in [5.74, 6) is 0. The highest BCUT2D eigenvalue weighted by atomic mass is 35.5. The van der Waals surface area contributed by atoms with Crippen molar-refractivity contribution in [3.63, 3.8) is 0 Å². The fourth-order valence-electron chi connectivity index (χ4n) is 0.938. The first-order valence-electron chi connectivity index (χ1n) is 3.69. The first kappa shape index (κ1) is 9.05. The second-order valence-corrected chi connectivity index (χ2v) is 2.71. The highest BCUT2D eigenvalue weighted by Gasteiger charge is 1.92. The van der Waals surface area contributed by atoms with Crippen LogP contribution in [-0.4, -0.2) is 6.54 Å². The molecule has 0 aliphatic rings. The Labute approximate surface area is 76.9 Å². The van der Waals surface area contributed by atoms with Gasteiger partial charge in [0.05, 0.1) is 11.6 Å². The van der Waals surface area contributed by atoms with Gasteiger partial charge in [-0.25, -0.2) is 4.84 Å². The Hall–Kier alpha value is -1.04. The summed E-state index contributed by atoms with van der Waals surface area (Å²) in [6.07, 6.45) is 0.884. The minimum absolute atomic E-state index is 0.692. The van der Waals surface area contributed by atoms with Crippen LogP contribution in [0.25, 0.3) is 0 Å². The number of nitrogens with zero attached hydrogens (tertiary/aromatic N) is 1. The van der Waals surface area contributed by atoms with E-state index in [1.54, 1.807) is 0 Å². The van der Waals surface area contributed by atoms with Gasteiger partial charge in [-0.15, -0.1) is 0 Å². The van der Waals surface area contributed by atoms with Gasteiger partial charge in [-0.3, -0.25) is 0 Å². The summed E-state index contributed by atoms with van der Waals surface area (Å²) < 4.78 is 0. The Morgan fingerprint density at radius 3 is 2.50 bits per heavy atom. The number of hydrogen-bond acceptors (Lipinski definition) is 2. The molecule has 0 unspecified atom stereocenters. The lowest BCUT2D eigenvalue weighted by Gasteiger charge is -1.98. The SMILES string of the molecule is N#Cc1ccc(CCNCl)cc1. The van der Waals surface area contributed by atoms with Crippen LogP contribution in [0.5, 0.6) is 0 Å². The van der Waals surface area contributed by atoms with Gasteiger partial charge in [0.2, 0.25) is 0 Å². The summed E-state index contributed by atoms with van der Waals surface area (Å²) in [6, 6.07) is 9.56. The van der Waals surface area contributed by atoms with E-state index in [2.05, 4.69) is 10.9 Å². The molecule has 0 aromatic heterocycles. The molecule has 0 spiro atoms. The summed E-state index contributed by atoms with van der Waals surface area (Å²) in [5, 5.41) is 8.52. The van der Waals surface area contributed by atoms with Crippen LogP contribution in [0.15, 0.2) is 24.3 Å². The number of nitriles is 1. The van der Waals surface area contributed by atoms with Crippen LogP contribution in [-0.2, 0) is 6.42 Å². The topological polar surface area (TPSA) is 35.8 Å². The highest BCUT2D eigenvalue weighted by Crippen LogP contribution is 2.03. The molecule has 1 rings (SSSR count). The minimum atomic E-state index is 0.692. The van der Waals surface area contributed by atoms with Gasteiger partial charge in [0.25, 0.3) is 0 Å². The van der Waals surface area contributed by atoms with E-state index in [9.17, 15) is 0 Å². The fraction of sp³-hybridized carbons (Fsp3) is 0.222. The molecule has 2 nitrogen and oxygen atoms in total. The molecule has 0 radical (unpaired) electrons. The van der Waals surface area contributed by atoms with Crippen LogP contribution < -0.4 is 4.84 Å². The summed E-state index contributed by atoms with van der Waals surface area (Å²) in [4.78, 5) is 2.55. The molecule has 0 amide bonds. The largest absolute Gasteiger partial charge is 0.233 e. The Bertz CT molecular complexity index is 274. The Morgan fingerprint density at radius 2 is 2.00 bits per heavy atom. The van der Waals surface area contributed by atoms with Crippen molar-refractivity contribution in [1.29, 1.82) is 5.26 Å². The van der Waals surface area contributed by atoms with Crippen molar-refractivity contribution < 1.29 is 0 Å². The van der Waals surface area contributed by atoms with Gasteiger partial charge in [0.15, 0.2) is 0 Å². The monoisotopic (exact) mass is 180 g/mol. The van der Waals surface area contributed by atoms with Crippen molar-refractivity contribution in [2.45, 2.75) is 6.42 Å². The van der Waals surface area contributed by atoms with Crippen LogP contribution in [0.2, 0.25) is 0 Å².